The molecule has 0 radical (unpaired) electrons. The van der Waals surface area contributed by atoms with Crippen molar-refractivity contribution >= 4 is 17.6 Å². The zero-order valence-corrected chi connectivity index (χ0v) is 15.9. The number of hydrogen-bond donors (Lipinski definition) is 1. The number of hydrogen-bond acceptors (Lipinski definition) is 6. The molecule has 1 atom stereocenters. The summed E-state index contributed by atoms with van der Waals surface area (Å²) in [5.41, 5.74) is 2.98. The van der Waals surface area contributed by atoms with Gasteiger partial charge in [-0.25, -0.2) is 4.79 Å². The number of nitro benzene ring substituents is 1. The van der Waals surface area contributed by atoms with Gasteiger partial charge >= 0.3 is 11.7 Å². The summed E-state index contributed by atoms with van der Waals surface area (Å²) >= 11 is 0. The molecule has 1 amide bonds. The lowest BCUT2D eigenvalue weighted by atomic mass is 10.0. The van der Waals surface area contributed by atoms with Crippen molar-refractivity contribution in [3.05, 3.63) is 69.3 Å². The molecule has 2 aromatic rings. The van der Waals surface area contributed by atoms with Crippen LogP contribution in [-0.2, 0) is 14.3 Å². The van der Waals surface area contributed by atoms with Crippen molar-refractivity contribution in [2.75, 3.05) is 13.2 Å². The summed E-state index contributed by atoms with van der Waals surface area (Å²) in [4.78, 5) is 34.0. The van der Waals surface area contributed by atoms with Crippen LogP contribution in [0.4, 0.5) is 5.69 Å². The fourth-order valence-electron chi connectivity index (χ4n) is 2.45. The average molecular weight is 386 g/mol. The number of ether oxygens (including phenoxy) is 2. The SMILES string of the molecule is Cc1ccc([C@@H](C)NC(=O)COC(=O)COc2ccccc2[N+](=O)[O-])cc1C. The van der Waals surface area contributed by atoms with E-state index in [1.807, 2.05) is 39.0 Å². The number of nitro groups is 1. The standard InChI is InChI=1S/C20H22N2O6/c1-13-8-9-16(10-14(13)2)15(3)21-19(23)11-28-20(24)12-27-18-7-5-4-6-17(18)22(25)26/h4-10,15H,11-12H2,1-3H3,(H,21,23)/t15-/m1/s1. The molecule has 0 fully saturated rings. The average Bonchev–Trinajstić information content (AvgIpc) is 2.66. The molecule has 0 aliphatic rings. The summed E-state index contributed by atoms with van der Waals surface area (Å²) in [6.07, 6.45) is 0. The molecule has 0 saturated heterocycles. The Morgan fingerprint density at radius 2 is 1.82 bits per heavy atom. The van der Waals surface area contributed by atoms with Gasteiger partial charge in [0, 0.05) is 6.07 Å². The van der Waals surface area contributed by atoms with E-state index in [1.165, 1.54) is 18.2 Å². The Bertz CT molecular complexity index is 881. The molecule has 0 saturated carbocycles. The molecule has 0 unspecified atom stereocenters. The van der Waals surface area contributed by atoms with Gasteiger partial charge in [-0.3, -0.25) is 14.9 Å². The minimum atomic E-state index is -0.799. The highest BCUT2D eigenvalue weighted by molar-refractivity contribution is 5.81. The van der Waals surface area contributed by atoms with Crippen LogP contribution in [0.1, 0.15) is 29.7 Å². The van der Waals surface area contributed by atoms with Crippen LogP contribution in [-0.4, -0.2) is 30.0 Å². The minimum absolute atomic E-state index is 0.0442. The summed E-state index contributed by atoms with van der Waals surface area (Å²) < 4.78 is 9.98. The van der Waals surface area contributed by atoms with Crippen molar-refractivity contribution in [3.63, 3.8) is 0 Å². The molecule has 8 heteroatoms. The van der Waals surface area contributed by atoms with Crippen LogP contribution in [0.2, 0.25) is 0 Å². The molecule has 2 rings (SSSR count). The first-order valence-corrected chi connectivity index (χ1v) is 8.66. The number of esters is 1. The lowest BCUT2D eigenvalue weighted by Gasteiger charge is -2.16. The van der Waals surface area contributed by atoms with E-state index in [1.54, 1.807) is 6.07 Å². The molecule has 0 aliphatic heterocycles. The van der Waals surface area contributed by atoms with Crippen molar-refractivity contribution < 1.29 is 24.0 Å². The van der Waals surface area contributed by atoms with Gasteiger partial charge in [0.15, 0.2) is 19.0 Å². The molecular formula is C20H22N2O6. The highest BCUT2D eigenvalue weighted by atomic mass is 16.6. The molecule has 8 nitrogen and oxygen atoms in total. The Kier molecular flexibility index (Phi) is 7.08. The third-order valence-corrected chi connectivity index (χ3v) is 4.18. The molecule has 1 N–H and O–H groups in total. The fraction of sp³-hybridized carbons (Fsp3) is 0.300. The maximum absolute atomic E-state index is 12.0. The van der Waals surface area contributed by atoms with Crippen LogP contribution in [0.15, 0.2) is 42.5 Å². The highest BCUT2D eigenvalue weighted by Crippen LogP contribution is 2.25. The monoisotopic (exact) mass is 386 g/mol. The van der Waals surface area contributed by atoms with Crippen molar-refractivity contribution in [2.24, 2.45) is 0 Å². The first-order chi connectivity index (χ1) is 13.3. The van der Waals surface area contributed by atoms with Crippen LogP contribution < -0.4 is 10.1 Å². The number of rotatable bonds is 8. The number of para-hydroxylation sites is 2. The van der Waals surface area contributed by atoms with E-state index in [4.69, 9.17) is 9.47 Å². The Balaban J connectivity index is 1.80. The van der Waals surface area contributed by atoms with Crippen LogP contribution in [0.5, 0.6) is 5.75 Å². The largest absolute Gasteiger partial charge is 0.475 e. The lowest BCUT2D eigenvalue weighted by molar-refractivity contribution is -0.385. The van der Waals surface area contributed by atoms with Crippen LogP contribution in [0.25, 0.3) is 0 Å². The molecule has 0 bridgehead atoms. The van der Waals surface area contributed by atoms with E-state index in [2.05, 4.69) is 5.32 Å². The number of benzene rings is 2. The Labute approximate surface area is 162 Å². The van der Waals surface area contributed by atoms with Crippen LogP contribution >= 0.6 is 0 Å². The second-order valence-electron chi connectivity index (χ2n) is 6.31. The van der Waals surface area contributed by atoms with Gasteiger partial charge in [-0.1, -0.05) is 30.3 Å². The summed E-state index contributed by atoms with van der Waals surface area (Å²) in [6.45, 7) is 4.83. The first kappa shape index (κ1) is 20.9. The molecule has 0 aliphatic carbocycles. The van der Waals surface area contributed by atoms with Crippen LogP contribution in [0, 0.1) is 24.0 Å². The molecule has 0 heterocycles. The zero-order chi connectivity index (χ0) is 20.7. The van der Waals surface area contributed by atoms with E-state index < -0.39 is 30.0 Å². The van der Waals surface area contributed by atoms with Gasteiger partial charge < -0.3 is 14.8 Å². The van der Waals surface area contributed by atoms with Gasteiger partial charge in [0.1, 0.15) is 0 Å². The maximum Gasteiger partial charge on any atom is 0.344 e. The first-order valence-electron chi connectivity index (χ1n) is 8.66. The summed E-state index contributed by atoms with van der Waals surface area (Å²) in [6, 6.07) is 11.3. The fourth-order valence-corrected chi connectivity index (χ4v) is 2.45. The summed E-state index contributed by atoms with van der Waals surface area (Å²) in [7, 11) is 0. The van der Waals surface area contributed by atoms with Crippen molar-refractivity contribution in [2.45, 2.75) is 26.8 Å². The van der Waals surface area contributed by atoms with Gasteiger partial charge in [-0.05, 0) is 43.5 Å². The van der Waals surface area contributed by atoms with Gasteiger partial charge in [0.05, 0.1) is 11.0 Å². The van der Waals surface area contributed by atoms with Crippen molar-refractivity contribution in [3.8, 4) is 5.75 Å². The molecule has 0 aromatic heterocycles. The van der Waals surface area contributed by atoms with Crippen molar-refractivity contribution in [1.82, 2.24) is 5.32 Å². The normalized spacial score (nSPS) is 11.4. The number of carbonyl (C=O) groups is 2. The van der Waals surface area contributed by atoms with Gasteiger partial charge in [-0.15, -0.1) is 0 Å². The van der Waals surface area contributed by atoms with Gasteiger partial charge in [0.25, 0.3) is 5.91 Å². The molecule has 2 aromatic carbocycles. The molecule has 0 spiro atoms. The number of amides is 1. The minimum Gasteiger partial charge on any atom is -0.475 e. The van der Waals surface area contributed by atoms with E-state index in [9.17, 15) is 19.7 Å². The quantitative estimate of drug-likeness (QED) is 0.424. The van der Waals surface area contributed by atoms with Crippen LogP contribution in [0.3, 0.4) is 0 Å². The second-order valence-corrected chi connectivity index (χ2v) is 6.31. The summed E-state index contributed by atoms with van der Waals surface area (Å²) in [5.74, 6) is -1.30. The third kappa shape index (κ3) is 5.80. The number of aryl methyl sites for hydroxylation is 2. The Morgan fingerprint density at radius 1 is 1.11 bits per heavy atom. The zero-order valence-electron chi connectivity index (χ0n) is 15.9. The smallest absolute Gasteiger partial charge is 0.344 e. The maximum atomic E-state index is 12.0. The Hall–Kier alpha value is -3.42. The molecule has 148 valence electrons. The Morgan fingerprint density at radius 3 is 2.50 bits per heavy atom. The highest BCUT2D eigenvalue weighted by Gasteiger charge is 2.16. The number of nitrogens with zero attached hydrogens (tertiary/aromatic N) is 1. The van der Waals surface area contributed by atoms with E-state index in [0.717, 1.165) is 16.7 Å². The van der Waals surface area contributed by atoms with Gasteiger partial charge in [-0.2, -0.15) is 0 Å². The predicted octanol–water partition coefficient (Wildman–Crippen LogP) is 3.01. The topological polar surface area (TPSA) is 108 Å². The number of carbonyl (C=O) groups excluding carboxylic acids is 2. The number of nitrogens with one attached hydrogen (secondary N) is 1. The predicted molar refractivity (Wildman–Crippen MR) is 102 cm³/mol. The molecular weight excluding hydrogens is 364 g/mol. The lowest BCUT2D eigenvalue weighted by Crippen LogP contribution is -2.32. The summed E-state index contributed by atoms with van der Waals surface area (Å²) in [5, 5.41) is 13.6. The van der Waals surface area contributed by atoms with E-state index in [-0.39, 0.29) is 17.5 Å². The van der Waals surface area contributed by atoms with E-state index in [0.29, 0.717) is 0 Å². The molecule has 28 heavy (non-hydrogen) atoms. The third-order valence-electron chi connectivity index (χ3n) is 4.18. The van der Waals surface area contributed by atoms with Gasteiger partial charge in [0.2, 0.25) is 0 Å². The van der Waals surface area contributed by atoms with E-state index >= 15 is 0 Å². The van der Waals surface area contributed by atoms with Crippen molar-refractivity contribution in [1.29, 1.82) is 0 Å². The second kappa shape index (κ2) is 9.50.